The predicted octanol–water partition coefficient (Wildman–Crippen LogP) is 2.78. The van der Waals surface area contributed by atoms with E-state index >= 15 is 0 Å². The fourth-order valence-corrected chi connectivity index (χ4v) is 2.63. The number of nitrogens with zero attached hydrogens (tertiary/aromatic N) is 1. The first-order valence-electron chi connectivity index (χ1n) is 6.33. The average molecular weight is 267 g/mol. The molecule has 1 aromatic rings. The van der Waals surface area contributed by atoms with E-state index in [0.717, 1.165) is 16.7 Å². The lowest BCUT2D eigenvalue weighted by atomic mass is 9.76. The third kappa shape index (κ3) is 2.05. The number of carbonyl (C=O) groups excluding carboxylic acids is 1. The van der Waals surface area contributed by atoms with Crippen molar-refractivity contribution in [2.45, 2.75) is 5.92 Å². The molecule has 0 bridgehead atoms. The molecule has 0 saturated carbocycles. The van der Waals surface area contributed by atoms with Crippen LogP contribution in [-0.2, 0) is 9.53 Å². The van der Waals surface area contributed by atoms with E-state index in [9.17, 15) is 4.79 Å². The highest BCUT2D eigenvalue weighted by Gasteiger charge is 2.37. The quantitative estimate of drug-likeness (QED) is 0.388. The lowest BCUT2D eigenvalue weighted by molar-refractivity contribution is -0.141. The van der Waals surface area contributed by atoms with Crippen molar-refractivity contribution in [1.29, 1.82) is 0 Å². The largest absolute Gasteiger partial charge is 0.434 e. The Balaban J connectivity index is 2.03. The van der Waals surface area contributed by atoms with E-state index in [1.807, 2.05) is 48.6 Å². The zero-order valence-corrected chi connectivity index (χ0v) is 10.6. The molecule has 1 heterocycles. The molecule has 4 nitrogen and oxygen atoms in total. The highest BCUT2D eigenvalue weighted by Crippen LogP contribution is 2.40. The first kappa shape index (κ1) is 12.4. The van der Waals surface area contributed by atoms with Gasteiger partial charge in [-0.25, -0.2) is 0 Å². The zero-order valence-electron chi connectivity index (χ0n) is 10.6. The highest BCUT2D eigenvalue weighted by molar-refractivity contribution is 5.89. The van der Waals surface area contributed by atoms with Crippen molar-refractivity contribution in [1.82, 2.24) is 0 Å². The van der Waals surface area contributed by atoms with Gasteiger partial charge < -0.3 is 9.94 Å². The molecule has 0 fully saturated rings. The van der Waals surface area contributed by atoms with Gasteiger partial charge in [-0.3, -0.25) is 4.79 Å². The summed E-state index contributed by atoms with van der Waals surface area (Å²) in [5, 5.41) is 11.8. The standard InChI is InChI=1S/C16H13NO3/c18-16-15(11-5-2-1-3-6-11)13-8-4-7-12(9-17-19)14(13)10-20-16/h1-10,13,15,19H. The van der Waals surface area contributed by atoms with Gasteiger partial charge in [0.2, 0.25) is 0 Å². The molecule has 1 aliphatic carbocycles. The molecule has 2 aliphatic rings. The molecule has 100 valence electrons. The molecular formula is C16H13NO3. The van der Waals surface area contributed by atoms with Crippen molar-refractivity contribution in [3.05, 3.63) is 71.5 Å². The number of ether oxygens (including phenoxy) is 1. The van der Waals surface area contributed by atoms with Gasteiger partial charge in [0.1, 0.15) is 0 Å². The van der Waals surface area contributed by atoms with Crippen LogP contribution in [0, 0.1) is 5.92 Å². The number of rotatable bonds is 2. The minimum absolute atomic E-state index is 0.100. The van der Waals surface area contributed by atoms with Crippen molar-refractivity contribution >= 4 is 12.2 Å². The van der Waals surface area contributed by atoms with Gasteiger partial charge in [-0.15, -0.1) is 0 Å². The van der Waals surface area contributed by atoms with Gasteiger partial charge >= 0.3 is 5.97 Å². The van der Waals surface area contributed by atoms with Crippen molar-refractivity contribution in [2.24, 2.45) is 11.1 Å². The van der Waals surface area contributed by atoms with Crippen molar-refractivity contribution < 1.29 is 14.7 Å². The van der Waals surface area contributed by atoms with E-state index in [4.69, 9.17) is 9.94 Å². The van der Waals surface area contributed by atoms with Gasteiger partial charge in [0.15, 0.2) is 0 Å². The van der Waals surface area contributed by atoms with E-state index < -0.39 is 0 Å². The Bertz CT molecular complexity index is 641. The highest BCUT2D eigenvalue weighted by atomic mass is 16.5. The first-order chi connectivity index (χ1) is 9.81. The van der Waals surface area contributed by atoms with Crippen LogP contribution in [0.3, 0.4) is 0 Å². The Morgan fingerprint density at radius 1 is 1.25 bits per heavy atom. The minimum Gasteiger partial charge on any atom is -0.434 e. The molecule has 1 aliphatic heterocycles. The lowest BCUT2D eigenvalue weighted by Gasteiger charge is -2.31. The van der Waals surface area contributed by atoms with E-state index in [0.29, 0.717) is 0 Å². The fourth-order valence-electron chi connectivity index (χ4n) is 2.63. The van der Waals surface area contributed by atoms with E-state index in [2.05, 4.69) is 5.16 Å². The molecule has 0 spiro atoms. The predicted molar refractivity (Wildman–Crippen MR) is 74.3 cm³/mol. The summed E-state index contributed by atoms with van der Waals surface area (Å²) in [6.45, 7) is 0. The average Bonchev–Trinajstić information content (AvgIpc) is 2.48. The lowest BCUT2D eigenvalue weighted by Crippen LogP contribution is -2.29. The summed E-state index contributed by atoms with van der Waals surface area (Å²) in [7, 11) is 0. The number of hydrogen-bond acceptors (Lipinski definition) is 4. The molecule has 1 aromatic carbocycles. The fraction of sp³-hybridized carbons (Fsp3) is 0.125. The molecule has 20 heavy (non-hydrogen) atoms. The summed E-state index contributed by atoms with van der Waals surface area (Å²) in [6, 6.07) is 9.55. The first-order valence-corrected chi connectivity index (χ1v) is 6.33. The second-order valence-electron chi connectivity index (χ2n) is 4.68. The van der Waals surface area contributed by atoms with Crippen LogP contribution < -0.4 is 0 Å². The maximum Gasteiger partial charge on any atom is 0.319 e. The second-order valence-corrected chi connectivity index (χ2v) is 4.68. The topological polar surface area (TPSA) is 58.9 Å². The molecule has 2 unspecified atom stereocenters. The van der Waals surface area contributed by atoms with E-state index in [1.165, 1.54) is 12.5 Å². The summed E-state index contributed by atoms with van der Waals surface area (Å²) in [5.41, 5.74) is 2.51. The van der Waals surface area contributed by atoms with E-state index in [-0.39, 0.29) is 17.8 Å². The Kier molecular flexibility index (Phi) is 3.21. The summed E-state index contributed by atoms with van der Waals surface area (Å²) in [5.74, 6) is -0.739. The van der Waals surface area contributed by atoms with Crippen LogP contribution in [0.4, 0.5) is 0 Å². The Labute approximate surface area is 116 Å². The minimum atomic E-state index is -0.372. The SMILES string of the molecule is O=C1OC=C2C(C=NO)=CC=CC2C1c1ccccc1. The van der Waals surface area contributed by atoms with Gasteiger partial charge in [-0.2, -0.15) is 0 Å². The Morgan fingerprint density at radius 2 is 2.05 bits per heavy atom. The molecule has 3 rings (SSSR count). The van der Waals surface area contributed by atoms with Crippen molar-refractivity contribution in [3.63, 3.8) is 0 Å². The maximum absolute atomic E-state index is 12.1. The van der Waals surface area contributed by atoms with Crippen molar-refractivity contribution in [2.75, 3.05) is 0 Å². The number of cyclic esters (lactones) is 1. The number of allylic oxidation sites excluding steroid dienone is 5. The molecular weight excluding hydrogens is 254 g/mol. The van der Waals surface area contributed by atoms with Crippen LogP contribution in [0.1, 0.15) is 11.5 Å². The van der Waals surface area contributed by atoms with Crippen LogP contribution in [0.25, 0.3) is 0 Å². The normalized spacial score (nSPS) is 24.9. The summed E-state index contributed by atoms with van der Waals surface area (Å²) >= 11 is 0. The van der Waals surface area contributed by atoms with Gasteiger partial charge in [0, 0.05) is 17.1 Å². The number of hydrogen-bond donors (Lipinski definition) is 1. The molecule has 0 amide bonds. The van der Waals surface area contributed by atoms with Crippen LogP contribution in [0.5, 0.6) is 0 Å². The number of esters is 1. The molecule has 0 saturated heterocycles. The maximum atomic E-state index is 12.1. The number of oxime groups is 1. The summed E-state index contributed by atoms with van der Waals surface area (Å²) in [4.78, 5) is 12.1. The van der Waals surface area contributed by atoms with Gasteiger partial charge in [-0.1, -0.05) is 53.7 Å². The third-order valence-electron chi connectivity index (χ3n) is 3.56. The second kappa shape index (κ2) is 5.17. The smallest absolute Gasteiger partial charge is 0.319 e. The van der Waals surface area contributed by atoms with E-state index in [1.54, 1.807) is 0 Å². The van der Waals surface area contributed by atoms with Crippen LogP contribution in [-0.4, -0.2) is 17.4 Å². The molecule has 0 aromatic heterocycles. The van der Waals surface area contributed by atoms with Gasteiger partial charge in [-0.05, 0) is 5.56 Å². The monoisotopic (exact) mass is 267 g/mol. The van der Waals surface area contributed by atoms with Crippen LogP contribution in [0.2, 0.25) is 0 Å². The van der Waals surface area contributed by atoms with Gasteiger partial charge in [0.05, 0.1) is 18.4 Å². The summed E-state index contributed by atoms with van der Waals surface area (Å²) < 4.78 is 5.17. The van der Waals surface area contributed by atoms with Crippen molar-refractivity contribution in [3.8, 4) is 0 Å². The summed E-state index contributed by atoms with van der Waals surface area (Å²) in [6.07, 6.45) is 8.46. The number of fused-ring (bicyclic) bond motifs is 1. The Morgan fingerprint density at radius 3 is 2.80 bits per heavy atom. The van der Waals surface area contributed by atoms with Crippen LogP contribution in [0.15, 0.2) is 71.1 Å². The Hall–Kier alpha value is -2.62. The van der Waals surface area contributed by atoms with Gasteiger partial charge in [0.25, 0.3) is 0 Å². The molecule has 4 heteroatoms. The molecule has 1 N–H and O–H groups in total. The zero-order chi connectivity index (χ0) is 13.9. The molecule has 0 radical (unpaired) electrons. The molecule has 2 atom stereocenters. The third-order valence-corrected chi connectivity index (χ3v) is 3.56. The van der Waals surface area contributed by atoms with Crippen LogP contribution >= 0.6 is 0 Å². The number of carbonyl (C=O) groups is 1. The number of benzene rings is 1.